The second-order valence-corrected chi connectivity index (χ2v) is 8.64. The summed E-state index contributed by atoms with van der Waals surface area (Å²) in [6.45, 7) is 1.95. The van der Waals surface area contributed by atoms with Gasteiger partial charge in [-0.2, -0.15) is 0 Å². The lowest BCUT2D eigenvalue weighted by molar-refractivity contribution is 0.390. The van der Waals surface area contributed by atoms with Crippen molar-refractivity contribution in [1.29, 1.82) is 0 Å². The molecule has 0 unspecified atom stereocenters. The second-order valence-electron chi connectivity index (χ2n) is 7.47. The lowest BCUT2D eigenvalue weighted by atomic mass is 10.2. The van der Waals surface area contributed by atoms with Crippen LogP contribution < -0.4 is 29.6 Å². The monoisotopic (exact) mass is 480 g/mol. The number of nitrogens with zero attached hydrogens (tertiary/aromatic N) is 2. The zero-order chi connectivity index (χ0) is 23.9. The number of fused-ring (bicyclic) bond motifs is 1. The molecule has 0 bridgehead atoms. The molecule has 8 nitrogen and oxygen atoms in total. The molecule has 2 heterocycles. The lowest BCUT2D eigenvalue weighted by Crippen LogP contribution is -2.12. The van der Waals surface area contributed by atoms with E-state index >= 15 is 0 Å². The topological polar surface area (TPSA) is 86.8 Å². The summed E-state index contributed by atoms with van der Waals surface area (Å²) in [5, 5.41) is 6.76. The first-order valence-electron chi connectivity index (χ1n) is 10.8. The van der Waals surface area contributed by atoms with Crippen LogP contribution in [0.25, 0.3) is 10.2 Å². The maximum absolute atomic E-state index is 5.48. The summed E-state index contributed by atoms with van der Waals surface area (Å²) in [4.78, 5) is 10.3. The third-order valence-electron chi connectivity index (χ3n) is 5.36. The number of methoxy groups -OCH3 is 4. The van der Waals surface area contributed by atoms with Gasteiger partial charge in [-0.3, -0.25) is 0 Å². The number of nitrogens with one attached hydrogen (secondary N) is 2. The van der Waals surface area contributed by atoms with Gasteiger partial charge in [0.2, 0.25) is 5.95 Å². The number of hydrogen-bond acceptors (Lipinski definition) is 9. The molecule has 0 atom stereocenters. The van der Waals surface area contributed by atoms with Crippen molar-refractivity contribution in [2.45, 2.75) is 19.6 Å². The van der Waals surface area contributed by atoms with Crippen molar-refractivity contribution in [3.63, 3.8) is 0 Å². The maximum Gasteiger partial charge on any atom is 0.223 e. The lowest BCUT2D eigenvalue weighted by Gasteiger charge is -2.11. The Balaban J connectivity index is 1.38. The van der Waals surface area contributed by atoms with Crippen molar-refractivity contribution < 1.29 is 18.9 Å². The van der Waals surface area contributed by atoms with Gasteiger partial charge in [0.15, 0.2) is 0 Å². The third-order valence-corrected chi connectivity index (χ3v) is 6.42. The van der Waals surface area contributed by atoms with E-state index in [4.69, 9.17) is 18.9 Å². The average molecular weight is 481 g/mol. The van der Waals surface area contributed by atoms with Gasteiger partial charge in [-0.05, 0) is 24.3 Å². The summed E-state index contributed by atoms with van der Waals surface area (Å²) in [5.41, 5.74) is 2.99. The highest BCUT2D eigenvalue weighted by Gasteiger charge is 2.09. The first-order chi connectivity index (χ1) is 16.6. The van der Waals surface area contributed by atoms with E-state index < -0.39 is 0 Å². The molecule has 4 rings (SSSR count). The minimum atomic E-state index is 0.543. The fourth-order valence-electron chi connectivity index (χ4n) is 3.55. The zero-order valence-corrected chi connectivity index (χ0v) is 20.5. The summed E-state index contributed by atoms with van der Waals surface area (Å²) in [7, 11) is 6.59. The quantitative estimate of drug-likeness (QED) is 0.321. The van der Waals surface area contributed by atoms with Gasteiger partial charge >= 0.3 is 0 Å². The number of ether oxygens (including phenoxy) is 4. The Labute approximate surface area is 202 Å². The van der Waals surface area contributed by atoms with E-state index in [2.05, 4.69) is 26.7 Å². The van der Waals surface area contributed by atoms with Crippen molar-refractivity contribution >= 4 is 27.5 Å². The van der Waals surface area contributed by atoms with Crippen LogP contribution in [0.4, 0.5) is 5.95 Å². The van der Waals surface area contributed by atoms with Crippen LogP contribution in [0.1, 0.15) is 16.0 Å². The SMILES string of the molecule is COc1ccc(CNCc2cc3nc(NCc4ccc(OC)cc4OC)ncc3s2)c(OC)c1. The van der Waals surface area contributed by atoms with Crippen LogP contribution >= 0.6 is 11.3 Å². The molecule has 0 aliphatic rings. The molecule has 0 aliphatic heterocycles. The molecule has 178 valence electrons. The predicted octanol–water partition coefficient (Wildman–Crippen LogP) is 4.63. The Bertz CT molecular complexity index is 1260. The molecular formula is C25H28N4O4S. The third kappa shape index (κ3) is 5.49. The predicted molar refractivity (Wildman–Crippen MR) is 134 cm³/mol. The van der Waals surface area contributed by atoms with Crippen LogP contribution in [-0.2, 0) is 19.6 Å². The Hall–Kier alpha value is -3.56. The molecule has 0 saturated carbocycles. The van der Waals surface area contributed by atoms with Gasteiger partial charge in [-0.25, -0.2) is 9.97 Å². The summed E-state index contributed by atoms with van der Waals surface area (Å²) in [6, 6.07) is 13.7. The van der Waals surface area contributed by atoms with Gasteiger partial charge in [0.05, 0.1) is 44.9 Å². The molecule has 0 spiro atoms. The van der Waals surface area contributed by atoms with E-state index in [-0.39, 0.29) is 0 Å². The van der Waals surface area contributed by atoms with Crippen LogP contribution in [0.3, 0.4) is 0 Å². The van der Waals surface area contributed by atoms with Crippen molar-refractivity contribution in [1.82, 2.24) is 15.3 Å². The fourth-order valence-corrected chi connectivity index (χ4v) is 4.49. The number of rotatable bonds is 11. The van der Waals surface area contributed by atoms with E-state index in [1.54, 1.807) is 39.8 Å². The van der Waals surface area contributed by atoms with Crippen molar-refractivity contribution in [2.75, 3.05) is 33.8 Å². The van der Waals surface area contributed by atoms with E-state index in [0.717, 1.165) is 50.9 Å². The summed E-state index contributed by atoms with van der Waals surface area (Å²) in [6.07, 6.45) is 1.86. The maximum atomic E-state index is 5.48. The molecule has 4 aromatic rings. The van der Waals surface area contributed by atoms with E-state index in [1.807, 2.05) is 42.6 Å². The number of hydrogen-bond donors (Lipinski definition) is 2. The highest BCUT2D eigenvalue weighted by Crippen LogP contribution is 2.28. The largest absolute Gasteiger partial charge is 0.497 e. The summed E-state index contributed by atoms with van der Waals surface area (Å²) >= 11 is 1.68. The molecule has 0 amide bonds. The Morgan fingerprint density at radius 3 is 2.03 bits per heavy atom. The summed E-state index contributed by atoms with van der Waals surface area (Å²) < 4.78 is 22.5. The fraction of sp³-hybridized carbons (Fsp3) is 0.280. The van der Waals surface area contributed by atoms with E-state index in [0.29, 0.717) is 19.0 Å². The van der Waals surface area contributed by atoms with E-state index in [1.165, 1.54) is 4.88 Å². The molecule has 2 aromatic heterocycles. The Kier molecular flexibility index (Phi) is 7.66. The number of anilines is 1. The Morgan fingerprint density at radius 1 is 0.765 bits per heavy atom. The van der Waals surface area contributed by atoms with Crippen molar-refractivity contribution in [2.24, 2.45) is 0 Å². The Morgan fingerprint density at radius 2 is 1.41 bits per heavy atom. The minimum absolute atomic E-state index is 0.543. The van der Waals surface area contributed by atoms with Crippen LogP contribution in [0.5, 0.6) is 23.0 Å². The van der Waals surface area contributed by atoms with Gasteiger partial charge in [-0.15, -0.1) is 11.3 Å². The molecule has 0 radical (unpaired) electrons. The molecule has 0 fully saturated rings. The first-order valence-corrected chi connectivity index (χ1v) is 11.6. The molecule has 9 heteroatoms. The van der Waals surface area contributed by atoms with Crippen molar-refractivity contribution in [3.8, 4) is 23.0 Å². The van der Waals surface area contributed by atoms with Gasteiger partial charge < -0.3 is 29.6 Å². The summed E-state index contributed by atoms with van der Waals surface area (Å²) in [5.74, 6) is 3.66. The standard InChI is InChI=1S/C25H28N4O4S/c1-30-18-7-5-16(22(9-18)32-3)12-26-14-20-11-21-24(34-20)15-28-25(29-21)27-13-17-6-8-19(31-2)10-23(17)33-4/h5-11,15,26H,12-14H2,1-4H3,(H,27,28,29). The van der Waals surface area contributed by atoms with Crippen molar-refractivity contribution in [3.05, 3.63) is 64.7 Å². The van der Waals surface area contributed by atoms with Crippen LogP contribution in [0.15, 0.2) is 48.7 Å². The molecule has 0 aliphatic carbocycles. The van der Waals surface area contributed by atoms with Gasteiger partial charge in [0.25, 0.3) is 0 Å². The number of benzene rings is 2. The number of aromatic nitrogens is 2. The smallest absolute Gasteiger partial charge is 0.223 e. The van der Waals surface area contributed by atoms with Crippen LogP contribution in [0.2, 0.25) is 0 Å². The van der Waals surface area contributed by atoms with Gasteiger partial charge in [0.1, 0.15) is 23.0 Å². The highest BCUT2D eigenvalue weighted by atomic mass is 32.1. The normalized spacial score (nSPS) is 10.8. The molecule has 34 heavy (non-hydrogen) atoms. The first kappa shape index (κ1) is 23.6. The minimum Gasteiger partial charge on any atom is -0.497 e. The highest BCUT2D eigenvalue weighted by molar-refractivity contribution is 7.18. The second kappa shape index (κ2) is 11.0. The average Bonchev–Trinajstić information content (AvgIpc) is 3.29. The molecule has 2 N–H and O–H groups in total. The van der Waals surface area contributed by atoms with Gasteiger partial charge in [-0.1, -0.05) is 6.07 Å². The van der Waals surface area contributed by atoms with Crippen LogP contribution in [-0.4, -0.2) is 38.4 Å². The van der Waals surface area contributed by atoms with E-state index in [9.17, 15) is 0 Å². The molecule has 2 aromatic carbocycles. The number of thiophene rings is 1. The molecule has 0 saturated heterocycles. The zero-order valence-electron chi connectivity index (χ0n) is 19.7. The van der Waals surface area contributed by atoms with Crippen LogP contribution in [0, 0.1) is 0 Å². The van der Waals surface area contributed by atoms with Gasteiger partial charge in [0, 0.05) is 47.8 Å². The molecular weight excluding hydrogens is 452 g/mol.